The molecule has 1 heterocycles. The van der Waals surface area contributed by atoms with Crippen molar-refractivity contribution < 1.29 is 13.2 Å². The Labute approximate surface area is 106 Å². The Balaban J connectivity index is 1.95. The van der Waals surface area contributed by atoms with Crippen molar-refractivity contribution in [2.75, 3.05) is 0 Å². The van der Waals surface area contributed by atoms with E-state index in [0.717, 1.165) is 11.0 Å². The number of hydrogen-bond donors (Lipinski definition) is 1. The highest BCUT2D eigenvalue weighted by molar-refractivity contribution is 7.92. The molecule has 0 radical (unpaired) electrons. The average molecular weight is 264 g/mol. The summed E-state index contributed by atoms with van der Waals surface area (Å²) in [5, 5.41) is 1.05. The fourth-order valence-corrected chi connectivity index (χ4v) is 1.92. The van der Waals surface area contributed by atoms with Gasteiger partial charge in [0.2, 0.25) is 0 Å². The van der Waals surface area contributed by atoms with E-state index in [0.29, 0.717) is 11.4 Å². The number of hydrogen-bond acceptors (Lipinski definition) is 4. The molecule has 0 unspecified atom stereocenters. The molecule has 0 aliphatic carbocycles. The maximum absolute atomic E-state index is 11.0. The zero-order valence-electron chi connectivity index (χ0n) is 9.70. The third-order valence-electron chi connectivity index (χ3n) is 2.20. The molecule has 5 nitrogen and oxygen atoms in total. The van der Waals surface area contributed by atoms with Crippen LogP contribution in [0.25, 0.3) is 0 Å². The second-order valence-electron chi connectivity index (χ2n) is 3.70. The number of ether oxygens (including phenoxy) is 1. The Bertz CT molecular complexity index is 613. The van der Waals surface area contributed by atoms with Crippen molar-refractivity contribution in [1.29, 1.82) is 0 Å². The predicted molar refractivity (Wildman–Crippen MR) is 69.6 cm³/mol. The van der Waals surface area contributed by atoms with Crippen LogP contribution in [-0.4, -0.2) is 14.8 Å². The van der Waals surface area contributed by atoms with Gasteiger partial charge < -0.3 is 4.74 Å². The van der Waals surface area contributed by atoms with Gasteiger partial charge in [-0.25, -0.2) is 13.4 Å². The van der Waals surface area contributed by atoms with Crippen molar-refractivity contribution in [3.8, 4) is 5.75 Å². The van der Waals surface area contributed by atoms with Gasteiger partial charge >= 0.3 is 0 Å². The molecule has 0 amide bonds. The third kappa shape index (κ3) is 3.46. The van der Waals surface area contributed by atoms with Crippen molar-refractivity contribution in [3.63, 3.8) is 0 Å². The van der Waals surface area contributed by atoms with Crippen LogP contribution in [0.3, 0.4) is 0 Å². The summed E-state index contributed by atoms with van der Waals surface area (Å²) in [5.41, 5.74) is 1.61. The van der Waals surface area contributed by atoms with E-state index in [2.05, 4.69) is 9.71 Å². The fourth-order valence-electron chi connectivity index (χ4n) is 1.23. The molecule has 1 N–H and O–H groups in total. The molecule has 0 bridgehead atoms. The monoisotopic (exact) mass is 264 g/mol. The van der Waals surface area contributed by atoms with Crippen LogP contribution in [0.15, 0.2) is 52.6 Å². The third-order valence-corrected chi connectivity index (χ3v) is 3.14. The summed E-state index contributed by atoms with van der Waals surface area (Å²) < 4.78 is 29.5. The minimum absolute atomic E-state index is 0.469. The zero-order chi connectivity index (χ0) is 13.0. The number of benzene rings is 1. The smallest absolute Gasteiger partial charge is 0.254 e. The Kier molecular flexibility index (Phi) is 3.47. The average Bonchev–Trinajstić information content (AvgIpc) is 2.34. The lowest BCUT2D eigenvalue weighted by Gasteiger charge is -2.04. The molecular weight excluding hydrogens is 252 g/mol. The largest absolute Gasteiger partial charge is 0.446 e. The molecule has 1 aliphatic rings. The first-order valence-electron chi connectivity index (χ1n) is 5.22. The molecule has 0 saturated heterocycles. The molecule has 2 rings (SSSR count). The summed E-state index contributed by atoms with van der Waals surface area (Å²) in [7, 11) is -3.32. The van der Waals surface area contributed by atoms with Gasteiger partial charge in [-0.15, -0.1) is 0 Å². The van der Waals surface area contributed by atoms with Gasteiger partial charge in [0.1, 0.15) is 5.75 Å². The van der Waals surface area contributed by atoms with Crippen molar-refractivity contribution in [2.45, 2.75) is 6.92 Å². The van der Waals surface area contributed by atoms with E-state index < -0.39 is 10.0 Å². The minimum Gasteiger partial charge on any atom is -0.446 e. The SMILES string of the molecule is Cc1ccc(OC=NC2=CNS(=O)(=O)C=C2)cc1. The molecule has 0 saturated carbocycles. The van der Waals surface area contributed by atoms with Crippen LogP contribution in [0.2, 0.25) is 0 Å². The number of sulfonamides is 1. The molecule has 0 spiro atoms. The van der Waals surface area contributed by atoms with Gasteiger partial charge in [-0.05, 0) is 25.1 Å². The quantitative estimate of drug-likeness (QED) is 0.667. The highest BCUT2D eigenvalue weighted by Crippen LogP contribution is 2.11. The first kappa shape index (κ1) is 12.4. The van der Waals surface area contributed by atoms with Crippen LogP contribution in [0.1, 0.15) is 5.56 Å². The van der Waals surface area contributed by atoms with Gasteiger partial charge in [-0.3, -0.25) is 4.72 Å². The number of allylic oxidation sites excluding steroid dienone is 1. The first-order chi connectivity index (χ1) is 8.55. The summed E-state index contributed by atoms with van der Waals surface area (Å²) in [6.45, 7) is 1.99. The van der Waals surface area contributed by atoms with Gasteiger partial charge in [-0.2, -0.15) is 0 Å². The molecule has 94 valence electrons. The highest BCUT2D eigenvalue weighted by atomic mass is 32.2. The Morgan fingerprint density at radius 2 is 2.00 bits per heavy atom. The molecule has 0 atom stereocenters. The molecule has 6 heteroatoms. The van der Waals surface area contributed by atoms with Gasteiger partial charge in [0, 0.05) is 6.20 Å². The summed E-state index contributed by atoms with van der Waals surface area (Å²) in [4.78, 5) is 3.97. The molecule has 0 fully saturated rings. The minimum atomic E-state index is -3.32. The zero-order valence-corrected chi connectivity index (χ0v) is 10.5. The maximum Gasteiger partial charge on any atom is 0.254 e. The van der Waals surface area contributed by atoms with Crippen LogP contribution >= 0.6 is 0 Å². The van der Waals surface area contributed by atoms with Crippen molar-refractivity contribution >= 4 is 16.4 Å². The highest BCUT2D eigenvalue weighted by Gasteiger charge is 2.06. The lowest BCUT2D eigenvalue weighted by molar-refractivity contribution is 0.573. The lowest BCUT2D eigenvalue weighted by atomic mass is 10.2. The van der Waals surface area contributed by atoms with E-state index in [1.807, 2.05) is 31.2 Å². The number of nitrogens with one attached hydrogen (secondary N) is 1. The standard InChI is InChI=1S/C12H12N2O3S/c1-10-2-4-12(5-3-10)17-9-13-11-6-7-18(15,16)14-8-11/h2-9,14H,1H3. The summed E-state index contributed by atoms with van der Waals surface area (Å²) >= 11 is 0. The van der Waals surface area contributed by atoms with Gasteiger partial charge in [-0.1, -0.05) is 17.7 Å². The summed E-state index contributed by atoms with van der Waals surface area (Å²) in [6, 6.07) is 7.51. The summed E-state index contributed by atoms with van der Waals surface area (Å²) in [6.07, 6.45) is 3.95. The van der Waals surface area contributed by atoms with E-state index >= 15 is 0 Å². The van der Waals surface area contributed by atoms with Crippen molar-refractivity contribution in [3.05, 3.63) is 53.2 Å². The topological polar surface area (TPSA) is 67.8 Å². The second kappa shape index (κ2) is 5.05. The van der Waals surface area contributed by atoms with Crippen LogP contribution in [-0.2, 0) is 10.0 Å². The Morgan fingerprint density at radius 1 is 1.28 bits per heavy atom. The molecular formula is C12H12N2O3S. The van der Waals surface area contributed by atoms with Crippen molar-refractivity contribution in [2.24, 2.45) is 4.99 Å². The number of aryl methyl sites for hydroxylation is 1. The van der Waals surface area contributed by atoms with E-state index in [4.69, 9.17) is 4.74 Å². The number of nitrogens with zero attached hydrogens (tertiary/aromatic N) is 1. The van der Waals surface area contributed by atoms with E-state index in [-0.39, 0.29) is 0 Å². The van der Waals surface area contributed by atoms with E-state index in [1.54, 1.807) is 0 Å². The molecule has 18 heavy (non-hydrogen) atoms. The van der Waals surface area contributed by atoms with Crippen molar-refractivity contribution in [1.82, 2.24) is 4.72 Å². The van der Waals surface area contributed by atoms with Gasteiger partial charge in [0.15, 0.2) is 6.40 Å². The summed E-state index contributed by atoms with van der Waals surface area (Å²) in [5.74, 6) is 0.672. The molecule has 1 aromatic carbocycles. The van der Waals surface area contributed by atoms with Gasteiger partial charge in [0.25, 0.3) is 10.0 Å². The molecule has 0 aromatic heterocycles. The van der Waals surface area contributed by atoms with E-state index in [1.165, 1.54) is 18.7 Å². The van der Waals surface area contributed by atoms with Crippen LogP contribution in [0.5, 0.6) is 5.75 Å². The van der Waals surface area contributed by atoms with Gasteiger partial charge in [0.05, 0.1) is 11.1 Å². The number of rotatable bonds is 3. The second-order valence-corrected chi connectivity index (χ2v) is 5.30. The van der Waals surface area contributed by atoms with Crippen LogP contribution in [0.4, 0.5) is 0 Å². The number of aliphatic imine (C=N–C) groups is 1. The van der Waals surface area contributed by atoms with Crippen LogP contribution in [0, 0.1) is 6.92 Å². The molecule has 1 aromatic rings. The maximum atomic E-state index is 11.0. The first-order valence-corrected chi connectivity index (χ1v) is 6.76. The Hall–Kier alpha value is -2.08. The fraction of sp³-hybridized carbons (Fsp3) is 0.0833. The van der Waals surface area contributed by atoms with E-state index in [9.17, 15) is 8.42 Å². The van der Waals surface area contributed by atoms with Crippen LogP contribution < -0.4 is 9.46 Å². The Morgan fingerprint density at radius 3 is 2.61 bits per heavy atom. The molecule has 1 aliphatic heterocycles. The normalized spacial score (nSPS) is 17.3. The predicted octanol–water partition coefficient (Wildman–Crippen LogP) is 1.69. The lowest BCUT2D eigenvalue weighted by Crippen LogP contribution is -2.17.